The van der Waals surface area contributed by atoms with Gasteiger partial charge < -0.3 is 10.6 Å². The molecule has 21 heavy (non-hydrogen) atoms. The van der Waals surface area contributed by atoms with Gasteiger partial charge in [0.25, 0.3) is 0 Å². The summed E-state index contributed by atoms with van der Waals surface area (Å²) in [6.07, 6.45) is 2.63. The quantitative estimate of drug-likeness (QED) is 0.885. The normalized spacial score (nSPS) is 10.5. The van der Waals surface area contributed by atoms with Crippen LogP contribution in [0.15, 0.2) is 24.4 Å². The van der Waals surface area contributed by atoms with Gasteiger partial charge in [-0.05, 0) is 18.6 Å². The molecule has 0 spiro atoms. The van der Waals surface area contributed by atoms with Gasteiger partial charge in [0.15, 0.2) is 0 Å². The van der Waals surface area contributed by atoms with E-state index in [2.05, 4.69) is 15.7 Å². The van der Waals surface area contributed by atoms with Crippen LogP contribution in [0.3, 0.4) is 0 Å². The van der Waals surface area contributed by atoms with Gasteiger partial charge in [-0.2, -0.15) is 5.10 Å². The van der Waals surface area contributed by atoms with E-state index in [4.69, 9.17) is 23.2 Å². The summed E-state index contributed by atoms with van der Waals surface area (Å²) in [5, 5.41) is 10.9. The van der Waals surface area contributed by atoms with Gasteiger partial charge >= 0.3 is 0 Å². The second kappa shape index (κ2) is 6.83. The van der Waals surface area contributed by atoms with E-state index in [0.717, 1.165) is 17.8 Å². The minimum Gasteiger partial charge on any atom is -0.373 e. The molecule has 0 fully saturated rings. The summed E-state index contributed by atoms with van der Waals surface area (Å²) in [4.78, 5) is 12.0. The highest BCUT2D eigenvalue weighted by Gasteiger charge is 2.11. The van der Waals surface area contributed by atoms with Crippen molar-refractivity contribution < 1.29 is 4.79 Å². The molecule has 0 aliphatic heterocycles. The molecular weight excluding hydrogens is 311 g/mol. The number of amides is 1. The Morgan fingerprint density at radius 1 is 1.33 bits per heavy atom. The molecule has 2 N–H and O–H groups in total. The number of halogens is 2. The monoisotopic (exact) mass is 326 g/mol. The number of nitrogens with one attached hydrogen (secondary N) is 2. The molecule has 0 bridgehead atoms. The van der Waals surface area contributed by atoms with E-state index in [-0.39, 0.29) is 12.5 Å². The number of carbonyl (C=O) groups is 1. The van der Waals surface area contributed by atoms with E-state index in [9.17, 15) is 4.79 Å². The van der Waals surface area contributed by atoms with Crippen molar-refractivity contribution in [1.29, 1.82) is 0 Å². The van der Waals surface area contributed by atoms with Crippen LogP contribution < -0.4 is 10.6 Å². The highest BCUT2D eigenvalue weighted by molar-refractivity contribution is 6.39. The maximum atomic E-state index is 12.0. The number of hydrogen-bond donors (Lipinski definition) is 2. The lowest BCUT2D eigenvalue weighted by molar-refractivity contribution is -0.114. The van der Waals surface area contributed by atoms with Crippen LogP contribution in [0.25, 0.3) is 0 Å². The van der Waals surface area contributed by atoms with E-state index in [0.29, 0.717) is 15.7 Å². The third-order valence-electron chi connectivity index (χ3n) is 2.91. The standard InChI is InChI=1S/C14H16Cl2N4O/c1-3-11-12(8-20(2)19-11)17-7-13(21)18-14-9(15)5-4-6-10(14)16/h4-6,8,17H,3,7H2,1-2H3,(H,18,21). The summed E-state index contributed by atoms with van der Waals surface area (Å²) in [5.41, 5.74) is 2.19. The molecule has 0 saturated carbocycles. The predicted octanol–water partition coefficient (Wildman–Crippen LogP) is 3.34. The molecule has 0 radical (unpaired) electrons. The van der Waals surface area contributed by atoms with Gasteiger partial charge in [0.1, 0.15) is 0 Å². The number of anilines is 2. The summed E-state index contributed by atoms with van der Waals surface area (Å²) in [7, 11) is 1.84. The van der Waals surface area contributed by atoms with Gasteiger partial charge in [-0.1, -0.05) is 36.2 Å². The van der Waals surface area contributed by atoms with Crippen molar-refractivity contribution in [3.63, 3.8) is 0 Å². The molecule has 0 saturated heterocycles. The summed E-state index contributed by atoms with van der Waals surface area (Å²) in [6.45, 7) is 2.12. The number of carbonyl (C=O) groups excluding carboxylic acids is 1. The minimum atomic E-state index is -0.226. The third-order valence-corrected chi connectivity index (χ3v) is 3.54. The Kier molecular flexibility index (Phi) is 5.09. The summed E-state index contributed by atoms with van der Waals surface area (Å²) in [5.74, 6) is -0.226. The maximum Gasteiger partial charge on any atom is 0.243 e. The van der Waals surface area contributed by atoms with Crippen LogP contribution in [-0.2, 0) is 18.3 Å². The molecule has 2 aromatic rings. The SMILES string of the molecule is CCc1nn(C)cc1NCC(=O)Nc1c(Cl)cccc1Cl. The Bertz CT molecular complexity index is 634. The van der Waals surface area contributed by atoms with Crippen LogP contribution in [0.5, 0.6) is 0 Å². The van der Waals surface area contributed by atoms with Crippen molar-refractivity contribution in [2.24, 2.45) is 7.05 Å². The first-order valence-electron chi connectivity index (χ1n) is 6.51. The molecule has 5 nitrogen and oxygen atoms in total. The fourth-order valence-corrected chi connectivity index (χ4v) is 2.41. The number of rotatable bonds is 5. The Morgan fingerprint density at radius 2 is 2.00 bits per heavy atom. The molecule has 112 valence electrons. The Morgan fingerprint density at radius 3 is 2.62 bits per heavy atom. The van der Waals surface area contributed by atoms with Crippen molar-refractivity contribution in [3.8, 4) is 0 Å². The molecule has 1 heterocycles. The Hall–Kier alpha value is -1.72. The molecule has 7 heteroatoms. The second-order valence-corrected chi connectivity index (χ2v) is 5.33. The fourth-order valence-electron chi connectivity index (χ4n) is 1.92. The molecule has 0 atom stereocenters. The molecule has 0 aliphatic carbocycles. The molecule has 0 aliphatic rings. The number of para-hydroxylation sites is 1. The third kappa shape index (κ3) is 3.89. The first-order chi connectivity index (χ1) is 10.0. The van der Waals surface area contributed by atoms with Crippen LogP contribution in [0, 0.1) is 0 Å². The topological polar surface area (TPSA) is 59.0 Å². The largest absolute Gasteiger partial charge is 0.373 e. The maximum absolute atomic E-state index is 12.0. The molecule has 1 aromatic carbocycles. The van der Waals surface area contributed by atoms with E-state index in [1.807, 2.05) is 20.2 Å². The fraction of sp³-hybridized carbons (Fsp3) is 0.286. The van der Waals surface area contributed by atoms with Gasteiger partial charge in [-0.15, -0.1) is 0 Å². The highest BCUT2D eigenvalue weighted by Crippen LogP contribution is 2.29. The molecule has 2 rings (SSSR count). The minimum absolute atomic E-state index is 0.111. The zero-order valence-electron chi connectivity index (χ0n) is 11.8. The second-order valence-electron chi connectivity index (χ2n) is 4.52. The van der Waals surface area contributed by atoms with Crippen molar-refractivity contribution in [1.82, 2.24) is 9.78 Å². The number of aryl methyl sites for hydroxylation is 2. The number of nitrogens with zero attached hydrogens (tertiary/aromatic N) is 2. The Labute approximate surface area is 133 Å². The molecule has 1 amide bonds. The highest BCUT2D eigenvalue weighted by atomic mass is 35.5. The van der Waals surface area contributed by atoms with E-state index in [1.165, 1.54) is 0 Å². The van der Waals surface area contributed by atoms with Crippen LogP contribution >= 0.6 is 23.2 Å². The zero-order valence-corrected chi connectivity index (χ0v) is 13.3. The predicted molar refractivity (Wildman–Crippen MR) is 86.2 cm³/mol. The number of benzene rings is 1. The molecular formula is C14H16Cl2N4O. The van der Waals surface area contributed by atoms with Crippen molar-refractivity contribution in [2.45, 2.75) is 13.3 Å². The van der Waals surface area contributed by atoms with E-state index >= 15 is 0 Å². The van der Waals surface area contributed by atoms with Crippen LogP contribution in [0.1, 0.15) is 12.6 Å². The average Bonchev–Trinajstić information content (AvgIpc) is 2.81. The van der Waals surface area contributed by atoms with Gasteiger partial charge in [0, 0.05) is 13.2 Å². The Balaban J connectivity index is 1.99. The average molecular weight is 327 g/mol. The van der Waals surface area contributed by atoms with Crippen LogP contribution in [-0.4, -0.2) is 22.2 Å². The number of aromatic nitrogens is 2. The van der Waals surface area contributed by atoms with Gasteiger partial charge in [0.2, 0.25) is 5.91 Å². The van der Waals surface area contributed by atoms with Crippen molar-refractivity contribution >= 4 is 40.5 Å². The first kappa shape index (κ1) is 15.7. The van der Waals surface area contributed by atoms with Crippen molar-refractivity contribution in [3.05, 3.63) is 40.1 Å². The van der Waals surface area contributed by atoms with Gasteiger partial charge in [-0.3, -0.25) is 9.48 Å². The first-order valence-corrected chi connectivity index (χ1v) is 7.27. The van der Waals surface area contributed by atoms with Crippen molar-refractivity contribution in [2.75, 3.05) is 17.2 Å². The van der Waals surface area contributed by atoms with Gasteiger partial charge in [0.05, 0.1) is 33.7 Å². The molecule has 1 aromatic heterocycles. The summed E-state index contributed by atoms with van der Waals surface area (Å²) >= 11 is 12.0. The van der Waals surface area contributed by atoms with Crippen LogP contribution in [0.2, 0.25) is 10.0 Å². The smallest absolute Gasteiger partial charge is 0.243 e. The van der Waals surface area contributed by atoms with Gasteiger partial charge in [-0.25, -0.2) is 0 Å². The number of hydrogen-bond acceptors (Lipinski definition) is 3. The summed E-state index contributed by atoms with van der Waals surface area (Å²) < 4.78 is 1.71. The van der Waals surface area contributed by atoms with E-state index in [1.54, 1.807) is 22.9 Å². The van der Waals surface area contributed by atoms with Crippen LogP contribution in [0.4, 0.5) is 11.4 Å². The lowest BCUT2D eigenvalue weighted by Crippen LogP contribution is -2.22. The summed E-state index contributed by atoms with van der Waals surface area (Å²) in [6, 6.07) is 5.07. The molecule has 0 unspecified atom stereocenters. The zero-order chi connectivity index (χ0) is 15.4. The lowest BCUT2D eigenvalue weighted by atomic mass is 10.3. The lowest BCUT2D eigenvalue weighted by Gasteiger charge is -2.10. The van der Waals surface area contributed by atoms with E-state index < -0.39 is 0 Å².